The lowest BCUT2D eigenvalue weighted by Crippen LogP contribution is -2.44. The van der Waals surface area contributed by atoms with E-state index in [4.69, 9.17) is 9.47 Å². The first-order valence-electron chi connectivity index (χ1n) is 11.8. The normalized spacial score (nSPS) is 18.4. The fraction of sp³-hybridized carbons (Fsp3) is 0.500. The van der Waals surface area contributed by atoms with Gasteiger partial charge in [-0.3, -0.25) is 9.78 Å². The number of amides is 2. The molecule has 1 aromatic heterocycles. The highest BCUT2D eigenvalue weighted by Crippen LogP contribution is 2.36. The molecule has 176 valence electrons. The summed E-state index contributed by atoms with van der Waals surface area (Å²) in [5.74, 6) is 1.17. The Balaban J connectivity index is 1.36. The molecule has 2 aliphatic rings. The fourth-order valence-corrected chi connectivity index (χ4v) is 4.43. The Morgan fingerprint density at radius 1 is 1.18 bits per heavy atom. The fourth-order valence-electron chi connectivity index (χ4n) is 4.43. The number of hydrogen-bond donors (Lipinski definition) is 1. The van der Waals surface area contributed by atoms with E-state index in [1.54, 1.807) is 11.1 Å². The van der Waals surface area contributed by atoms with Crippen molar-refractivity contribution in [3.63, 3.8) is 0 Å². The quantitative estimate of drug-likeness (QED) is 0.743. The SMILES string of the molecule is CCNC(=O)c1ccc(-c2cc3c(cn2)OC(C2CCN(C(=O)OC(C)(C)C)CC2)C3)cc1. The minimum Gasteiger partial charge on any atom is -0.488 e. The Morgan fingerprint density at radius 2 is 1.88 bits per heavy atom. The van der Waals surface area contributed by atoms with E-state index in [9.17, 15) is 9.59 Å². The van der Waals surface area contributed by atoms with Gasteiger partial charge in [-0.05, 0) is 64.7 Å². The van der Waals surface area contributed by atoms with E-state index >= 15 is 0 Å². The third kappa shape index (κ3) is 5.46. The highest BCUT2D eigenvalue weighted by atomic mass is 16.6. The Hall–Kier alpha value is -3.09. The van der Waals surface area contributed by atoms with E-state index in [1.807, 2.05) is 52.0 Å². The maximum atomic E-state index is 12.3. The van der Waals surface area contributed by atoms with Crippen LogP contribution in [-0.4, -0.2) is 53.2 Å². The van der Waals surface area contributed by atoms with Crippen molar-refractivity contribution in [3.05, 3.63) is 47.7 Å². The monoisotopic (exact) mass is 451 g/mol. The maximum absolute atomic E-state index is 12.3. The van der Waals surface area contributed by atoms with Gasteiger partial charge in [0.25, 0.3) is 5.91 Å². The van der Waals surface area contributed by atoms with Crippen molar-refractivity contribution in [2.75, 3.05) is 19.6 Å². The van der Waals surface area contributed by atoms with E-state index in [1.165, 1.54) is 0 Å². The minimum absolute atomic E-state index is 0.0695. The van der Waals surface area contributed by atoms with E-state index < -0.39 is 5.60 Å². The number of hydrogen-bond acceptors (Lipinski definition) is 5. The van der Waals surface area contributed by atoms with Gasteiger partial charge in [0.15, 0.2) is 0 Å². The van der Waals surface area contributed by atoms with Crippen molar-refractivity contribution in [2.24, 2.45) is 5.92 Å². The zero-order chi connectivity index (χ0) is 23.6. The summed E-state index contributed by atoms with van der Waals surface area (Å²) in [6.07, 6.45) is 4.33. The number of rotatable bonds is 4. The van der Waals surface area contributed by atoms with Crippen molar-refractivity contribution in [3.8, 4) is 17.0 Å². The molecule has 2 amide bonds. The highest BCUT2D eigenvalue weighted by Gasteiger charge is 2.35. The second kappa shape index (κ2) is 9.41. The summed E-state index contributed by atoms with van der Waals surface area (Å²) in [4.78, 5) is 30.7. The van der Waals surface area contributed by atoms with Gasteiger partial charge < -0.3 is 19.7 Å². The molecule has 7 nitrogen and oxygen atoms in total. The first kappa shape index (κ1) is 23.1. The van der Waals surface area contributed by atoms with Crippen LogP contribution in [0.25, 0.3) is 11.3 Å². The number of carbonyl (C=O) groups is 2. The molecule has 1 N–H and O–H groups in total. The molecule has 1 atom stereocenters. The molecule has 1 saturated heterocycles. The molecule has 0 radical (unpaired) electrons. The predicted octanol–water partition coefficient (Wildman–Crippen LogP) is 4.45. The maximum Gasteiger partial charge on any atom is 0.410 e. The first-order valence-corrected chi connectivity index (χ1v) is 11.8. The molecule has 0 spiro atoms. The number of piperidine rings is 1. The lowest BCUT2D eigenvalue weighted by atomic mass is 9.89. The van der Waals surface area contributed by atoms with Gasteiger partial charge >= 0.3 is 6.09 Å². The lowest BCUT2D eigenvalue weighted by molar-refractivity contribution is 0.0123. The van der Waals surface area contributed by atoms with Crippen LogP contribution in [0.1, 0.15) is 56.5 Å². The molecular weight excluding hydrogens is 418 g/mol. The van der Waals surface area contributed by atoms with Crippen LogP contribution in [0.5, 0.6) is 5.75 Å². The largest absolute Gasteiger partial charge is 0.488 e. The Morgan fingerprint density at radius 3 is 2.52 bits per heavy atom. The van der Waals surface area contributed by atoms with Gasteiger partial charge in [-0.15, -0.1) is 0 Å². The standard InChI is InChI=1S/C26H33N3O4/c1-5-27-24(30)19-8-6-17(7-9-19)21-14-20-15-22(32-23(20)16-28-21)18-10-12-29(13-11-18)25(31)33-26(2,3)4/h6-9,14,16,18,22H,5,10-13,15H2,1-4H3,(H,27,30). The van der Waals surface area contributed by atoms with Crippen LogP contribution in [0.15, 0.2) is 36.5 Å². The average Bonchev–Trinajstić information content (AvgIpc) is 3.22. The lowest BCUT2D eigenvalue weighted by Gasteiger charge is -2.35. The van der Waals surface area contributed by atoms with E-state index in [2.05, 4.69) is 16.4 Å². The molecule has 0 aliphatic carbocycles. The molecule has 7 heteroatoms. The molecule has 4 rings (SSSR count). The summed E-state index contributed by atoms with van der Waals surface area (Å²) in [6.45, 7) is 9.56. The average molecular weight is 452 g/mol. The molecule has 1 fully saturated rings. The minimum atomic E-state index is -0.475. The van der Waals surface area contributed by atoms with Crippen molar-refractivity contribution in [2.45, 2.75) is 58.7 Å². The van der Waals surface area contributed by atoms with Crippen LogP contribution in [0.3, 0.4) is 0 Å². The van der Waals surface area contributed by atoms with Gasteiger partial charge in [0.05, 0.1) is 11.9 Å². The summed E-state index contributed by atoms with van der Waals surface area (Å²) in [5, 5.41) is 2.81. The molecular formula is C26H33N3O4. The van der Waals surface area contributed by atoms with Crippen molar-refractivity contribution >= 4 is 12.0 Å². The number of benzene rings is 1. The molecule has 0 saturated carbocycles. The Bertz CT molecular complexity index is 1010. The van der Waals surface area contributed by atoms with Crippen LogP contribution in [-0.2, 0) is 11.2 Å². The Labute approximate surface area is 195 Å². The summed E-state index contributed by atoms with van der Waals surface area (Å²) >= 11 is 0. The van der Waals surface area contributed by atoms with Gasteiger partial charge in [-0.1, -0.05) is 12.1 Å². The van der Waals surface area contributed by atoms with Crippen LogP contribution in [0, 0.1) is 5.92 Å². The highest BCUT2D eigenvalue weighted by molar-refractivity contribution is 5.94. The molecule has 3 heterocycles. The number of likely N-dealkylation sites (tertiary alicyclic amines) is 1. The number of fused-ring (bicyclic) bond motifs is 1. The predicted molar refractivity (Wildman–Crippen MR) is 126 cm³/mol. The summed E-state index contributed by atoms with van der Waals surface area (Å²) in [7, 11) is 0. The van der Waals surface area contributed by atoms with Crippen molar-refractivity contribution < 1.29 is 19.1 Å². The second-order valence-electron chi connectivity index (χ2n) is 9.78. The number of nitrogens with one attached hydrogen (secondary N) is 1. The van der Waals surface area contributed by atoms with E-state index in [0.29, 0.717) is 31.1 Å². The number of carbonyl (C=O) groups excluding carboxylic acids is 2. The van der Waals surface area contributed by atoms with E-state index in [0.717, 1.165) is 41.8 Å². The summed E-state index contributed by atoms with van der Waals surface area (Å²) in [6, 6.07) is 9.60. The summed E-state index contributed by atoms with van der Waals surface area (Å²) in [5.41, 5.74) is 3.17. The van der Waals surface area contributed by atoms with Gasteiger partial charge in [-0.2, -0.15) is 0 Å². The first-order chi connectivity index (χ1) is 15.7. The van der Waals surface area contributed by atoms with Crippen molar-refractivity contribution in [1.29, 1.82) is 0 Å². The van der Waals surface area contributed by atoms with Crippen molar-refractivity contribution in [1.82, 2.24) is 15.2 Å². The van der Waals surface area contributed by atoms with Gasteiger partial charge in [0.1, 0.15) is 17.5 Å². The van der Waals surface area contributed by atoms with Gasteiger partial charge in [0, 0.05) is 42.7 Å². The third-order valence-electron chi connectivity index (χ3n) is 6.15. The third-order valence-corrected chi connectivity index (χ3v) is 6.15. The van der Waals surface area contributed by atoms with Crippen LogP contribution >= 0.6 is 0 Å². The van der Waals surface area contributed by atoms with E-state index in [-0.39, 0.29) is 18.1 Å². The molecule has 2 aromatic rings. The topological polar surface area (TPSA) is 80.8 Å². The number of aromatic nitrogens is 1. The number of ether oxygens (including phenoxy) is 2. The molecule has 0 bridgehead atoms. The second-order valence-corrected chi connectivity index (χ2v) is 9.78. The van der Waals surface area contributed by atoms with Crippen LogP contribution in [0.4, 0.5) is 4.79 Å². The zero-order valence-electron chi connectivity index (χ0n) is 19.9. The molecule has 1 unspecified atom stereocenters. The molecule has 2 aliphatic heterocycles. The number of pyridine rings is 1. The smallest absolute Gasteiger partial charge is 0.410 e. The van der Waals surface area contributed by atoms with Crippen LogP contribution < -0.4 is 10.1 Å². The van der Waals surface area contributed by atoms with Gasteiger partial charge in [-0.25, -0.2) is 4.79 Å². The molecule has 33 heavy (non-hydrogen) atoms. The number of nitrogens with zero attached hydrogens (tertiary/aromatic N) is 2. The Kier molecular flexibility index (Phi) is 6.58. The molecule has 1 aromatic carbocycles. The zero-order valence-corrected chi connectivity index (χ0v) is 19.9. The van der Waals surface area contributed by atoms with Gasteiger partial charge in [0.2, 0.25) is 0 Å². The van der Waals surface area contributed by atoms with Crippen LogP contribution in [0.2, 0.25) is 0 Å². The summed E-state index contributed by atoms with van der Waals surface area (Å²) < 4.78 is 11.7.